The lowest BCUT2D eigenvalue weighted by atomic mass is 9.98. The Bertz CT molecular complexity index is 1640. The van der Waals surface area contributed by atoms with Gasteiger partial charge in [-0.05, 0) is 45.6 Å². The van der Waals surface area contributed by atoms with Crippen LogP contribution in [0.2, 0.25) is 0 Å². The van der Waals surface area contributed by atoms with Crippen LogP contribution in [0.4, 0.5) is 0 Å². The molecule has 4 aromatic rings. The summed E-state index contributed by atoms with van der Waals surface area (Å²) >= 11 is -1.60. The number of benzene rings is 4. The van der Waals surface area contributed by atoms with Crippen LogP contribution >= 0.6 is 0 Å². The molecule has 1 fully saturated rings. The van der Waals surface area contributed by atoms with Gasteiger partial charge in [0.1, 0.15) is 17.2 Å². The summed E-state index contributed by atoms with van der Waals surface area (Å²) < 4.78 is 19.7. The van der Waals surface area contributed by atoms with E-state index in [9.17, 15) is 24.0 Å². The Labute approximate surface area is 258 Å². The predicted molar refractivity (Wildman–Crippen MR) is 165 cm³/mol. The van der Waals surface area contributed by atoms with Crippen molar-refractivity contribution in [2.24, 2.45) is 0 Å². The van der Waals surface area contributed by atoms with Gasteiger partial charge in [0.2, 0.25) is 11.3 Å². The molecule has 2 aliphatic rings. The number of ether oxygens (including phenoxy) is 1. The highest BCUT2D eigenvalue weighted by molar-refractivity contribution is 7.92. The number of carbonyl (C=O) groups is 3. The van der Waals surface area contributed by atoms with Crippen molar-refractivity contribution in [1.29, 1.82) is 0 Å². The Kier molecular flexibility index (Phi) is 8.49. The van der Waals surface area contributed by atoms with Crippen molar-refractivity contribution in [2.45, 2.75) is 30.4 Å². The molecule has 8 nitrogen and oxygen atoms in total. The lowest BCUT2D eigenvalue weighted by Gasteiger charge is -2.49. The Morgan fingerprint density at radius 2 is 1.43 bits per heavy atom. The molecule has 0 spiro atoms. The first-order valence-electron chi connectivity index (χ1n) is 14.2. The van der Waals surface area contributed by atoms with Gasteiger partial charge in [0.25, 0.3) is 5.91 Å². The number of hydrogen-bond acceptors (Lipinski definition) is 6. The number of nitrogens with one attached hydrogen (secondary N) is 1. The average molecular weight is 607 g/mol. The van der Waals surface area contributed by atoms with E-state index >= 15 is 0 Å². The summed E-state index contributed by atoms with van der Waals surface area (Å²) in [4.78, 5) is 41.8. The third kappa shape index (κ3) is 6.10. The Morgan fingerprint density at radius 3 is 2.02 bits per heavy atom. The number of phenolic OH excluding ortho intramolecular Hbond substituents is 1. The molecular weight excluding hydrogens is 576 g/mol. The lowest BCUT2D eigenvalue weighted by molar-refractivity contribution is -0.155. The lowest BCUT2D eigenvalue weighted by Crippen LogP contribution is -2.75. The molecule has 222 valence electrons. The number of amides is 2. The molecule has 3 atom stereocenters. The third-order valence-electron chi connectivity index (χ3n) is 7.71. The van der Waals surface area contributed by atoms with Gasteiger partial charge in [-0.15, -0.1) is 0 Å². The largest absolute Gasteiger partial charge is 0.614 e. The van der Waals surface area contributed by atoms with Crippen LogP contribution < -0.4 is 5.32 Å². The van der Waals surface area contributed by atoms with Crippen LogP contribution in [0.3, 0.4) is 0 Å². The van der Waals surface area contributed by atoms with Crippen molar-refractivity contribution < 1.29 is 28.8 Å². The second-order valence-electron chi connectivity index (χ2n) is 10.7. The molecule has 44 heavy (non-hydrogen) atoms. The number of β-lactam (4-membered cyclic amide) rings is 1. The van der Waals surface area contributed by atoms with Gasteiger partial charge in [0.05, 0.1) is 6.42 Å². The minimum absolute atomic E-state index is 0.0200. The van der Waals surface area contributed by atoms with Crippen molar-refractivity contribution >= 4 is 29.0 Å². The van der Waals surface area contributed by atoms with Gasteiger partial charge in [-0.2, -0.15) is 0 Å². The number of nitrogens with zero attached hydrogens (tertiary/aromatic N) is 1. The van der Waals surface area contributed by atoms with Crippen molar-refractivity contribution in [1.82, 2.24) is 10.2 Å². The molecule has 4 aromatic carbocycles. The maximum Gasteiger partial charge on any atom is 0.356 e. The van der Waals surface area contributed by atoms with E-state index in [-0.39, 0.29) is 35.9 Å². The van der Waals surface area contributed by atoms with E-state index in [0.717, 1.165) is 22.3 Å². The van der Waals surface area contributed by atoms with E-state index in [1.165, 1.54) is 17.0 Å². The first-order valence-corrected chi connectivity index (χ1v) is 15.6. The zero-order chi connectivity index (χ0) is 30.6. The fraction of sp³-hybridized carbons (Fsp3) is 0.171. The van der Waals surface area contributed by atoms with E-state index in [0.29, 0.717) is 5.57 Å². The third-order valence-corrected chi connectivity index (χ3v) is 9.36. The van der Waals surface area contributed by atoms with Crippen molar-refractivity contribution in [3.05, 3.63) is 149 Å². The second kappa shape index (κ2) is 12.8. The molecule has 0 aliphatic carbocycles. The molecule has 1 saturated heterocycles. The standard InChI is InChI=1S/C35H30N2O6S/c38-28-18-16-24(17-19-28)20-27-22-44(42)34-30(36-29(39)21-23-10-4-1-5-11-23)33(40)37(34)31(27)35(41)43-32(25-12-6-2-7-13-25)26-14-8-3-9-15-26/h1-19,30,32,34,38H,20-22H2,(H,36,39)/t30-,34+,44?/m1/s1. The summed E-state index contributed by atoms with van der Waals surface area (Å²) in [6, 6.07) is 33.2. The van der Waals surface area contributed by atoms with Crippen LogP contribution in [-0.4, -0.2) is 49.5 Å². The molecule has 1 unspecified atom stereocenters. The van der Waals surface area contributed by atoms with Crippen LogP contribution in [0.1, 0.15) is 28.4 Å². The van der Waals surface area contributed by atoms with Gasteiger partial charge in [0, 0.05) is 12.0 Å². The van der Waals surface area contributed by atoms with Crippen molar-refractivity contribution in [3.8, 4) is 5.75 Å². The molecular formula is C35H30N2O6S. The minimum Gasteiger partial charge on any atom is -0.614 e. The number of carbonyl (C=O) groups excluding carboxylic acids is 3. The van der Waals surface area contributed by atoms with Gasteiger partial charge >= 0.3 is 5.97 Å². The molecule has 0 radical (unpaired) electrons. The van der Waals surface area contributed by atoms with Crippen LogP contribution in [0.25, 0.3) is 0 Å². The monoisotopic (exact) mass is 606 g/mol. The SMILES string of the molecule is O=C(Cc1ccccc1)N[C@@H]1C(=O)N2C(C(=O)OC(c3ccccc3)c3ccccc3)=C(Cc3ccc(O)cc3)C[S+]([O-])[C@@H]12. The Morgan fingerprint density at radius 1 is 0.864 bits per heavy atom. The van der Waals surface area contributed by atoms with E-state index < -0.39 is 40.6 Å². The van der Waals surface area contributed by atoms with Gasteiger partial charge < -0.3 is 19.7 Å². The fourth-order valence-electron chi connectivity index (χ4n) is 5.59. The first-order chi connectivity index (χ1) is 21.4. The normalized spacial score (nSPS) is 19.3. The highest BCUT2D eigenvalue weighted by Gasteiger charge is 2.61. The second-order valence-corrected chi connectivity index (χ2v) is 12.3. The maximum absolute atomic E-state index is 14.1. The van der Waals surface area contributed by atoms with Crippen molar-refractivity contribution in [3.63, 3.8) is 0 Å². The minimum atomic E-state index is -1.60. The summed E-state index contributed by atoms with van der Waals surface area (Å²) in [5.41, 5.74) is 3.58. The summed E-state index contributed by atoms with van der Waals surface area (Å²) in [7, 11) is 0. The van der Waals surface area contributed by atoms with E-state index in [1.807, 2.05) is 91.0 Å². The van der Waals surface area contributed by atoms with E-state index in [2.05, 4.69) is 5.32 Å². The topological polar surface area (TPSA) is 119 Å². The highest BCUT2D eigenvalue weighted by Crippen LogP contribution is 2.39. The van der Waals surface area contributed by atoms with Gasteiger partial charge in [-0.3, -0.25) is 14.5 Å². The van der Waals surface area contributed by atoms with Crippen molar-refractivity contribution in [2.75, 3.05) is 5.75 Å². The molecule has 0 bridgehead atoms. The summed E-state index contributed by atoms with van der Waals surface area (Å²) in [5, 5.41) is 11.6. The molecule has 0 aromatic heterocycles. The number of hydrogen-bond donors (Lipinski definition) is 2. The maximum atomic E-state index is 14.1. The first kappa shape index (κ1) is 29.2. The Balaban J connectivity index is 1.32. The average Bonchev–Trinajstić information content (AvgIpc) is 3.04. The molecule has 2 aliphatic heterocycles. The van der Waals surface area contributed by atoms with Crippen LogP contribution in [0.5, 0.6) is 5.75 Å². The molecule has 2 amide bonds. The van der Waals surface area contributed by atoms with Crippen LogP contribution in [-0.2, 0) is 43.1 Å². The smallest absolute Gasteiger partial charge is 0.356 e. The summed E-state index contributed by atoms with van der Waals surface area (Å²) in [6.45, 7) is 0. The molecule has 9 heteroatoms. The predicted octanol–water partition coefficient (Wildman–Crippen LogP) is 4.18. The quantitative estimate of drug-likeness (QED) is 0.168. The molecule has 0 saturated carbocycles. The van der Waals surface area contributed by atoms with E-state index in [1.54, 1.807) is 12.1 Å². The highest BCUT2D eigenvalue weighted by atomic mass is 32.2. The number of rotatable bonds is 9. The number of phenols is 1. The van der Waals surface area contributed by atoms with Gasteiger partial charge in [-0.25, -0.2) is 4.79 Å². The Hall–Kier alpha value is -4.86. The number of esters is 1. The molecule has 2 heterocycles. The van der Waals surface area contributed by atoms with E-state index in [4.69, 9.17) is 4.74 Å². The zero-order valence-corrected chi connectivity index (χ0v) is 24.5. The van der Waals surface area contributed by atoms with Crippen LogP contribution in [0.15, 0.2) is 127 Å². The van der Waals surface area contributed by atoms with Gasteiger partial charge in [0.15, 0.2) is 12.1 Å². The number of aromatic hydroxyl groups is 1. The fourth-order valence-corrected chi connectivity index (χ4v) is 7.28. The van der Waals surface area contributed by atoms with Gasteiger partial charge in [-0.1, -0.05) is 103 Å². The summed E-state index contributed by atoms with van der Waals surface area (Å²) in [5.74, 6) is -1.50. The zero-order valence-electron chi connectivity index (χ0n) is 23.7. The molecule has 6 rings (SSSR count). The number of fused-ring (bicyclic) bond motifs is 1. The summed E-state index contributed by atoms with van der Waals surface area (Å²) in [6.07, 6.45) is -0.466. The molecule has 2 N–H and O–H groups in total. The van der Waals surface area contributed by atoms with Crippen LogP contribution in [0, 0.1) is 0 Å².